The van der Waals surface area contributed by atoms with Crippen molar-refractivity contribution in [3.8, 4) is 0 Å². The largest absolute Gasteiger partial charge is 0.383 e. The molecular formula is C14H20N2OS. The molecule has 1 aromatic carbocycles. The Bertz CT molecular complexity index is 405. The van der Waals surface area contributed by atoms with Crippen molar-refractivity contribution in [2.75, 3.05) is 37.3 Å². The zero-order valence-electron chi connectivity index (χ0n) is 10.6. The molecule has 18 heavy (non-hydrogen) atoms. The molecule has 1 saturated heterocycles. The van der Waals surface area contributed by atoms with Gasteiger partial charge in [0.1, 0.15) is 0 Å². The fourth-order valence-electron chi connectivity index (χ4n) is 2.47. The lowest BCUT2D eigenvalue weighted by Crippen LogP contribution is -2.38. The summed E-state index contributed by atoms with van der Waals surface area (Å²) in [4.78, 5) is 1.40. The van der Waals surface area contributed by atoms with E-state index >= 15 is 0 Å². The summed E-state index contributed by atoms with van der Waals surface area (Å²) in [6.45, 7) is 3.94. The lowest BCUT2D eigenvalue weighted by atomic mass is 10.1. The van der Waals surface area contributed by atoms with E-state index in [1.165, 1.54) is 21.9 Å². The van der Waals surface area contributed by atoms with Gasteiger partial charge in [-0.15, -0.1) is 11.8 Å². The van der Waals surface area contributed by atoms with Crippen LogP contribution in [0.4, 0.5) is 5.69 Å². The monoisotopic (exact) mass is 264 g/mol. The van der Waals surface area contributed by atoms with E-state index in [9.17, 15) is 0 Å². The van der Waals surface area contributed by atoms with Gasteiger partial charge in [0.2, 0.25) is 0 Å². The molecule has 3 nitrogen and oxygen atoms in total. The van der Waals surface area contributed by atoms with E-state index in [0.29, 0.717) is 6.10 Å². The van der Waals surface area contributed by atoms with Crippen molar-refractivity contribution in [1.29, 1.82) is 0 Å². The average molecular weight is 264 g/mol. The van der Waals surface area contributed by atoms with Crippen LogP contribution in [0.15, 0.2) is 23.1 Å². The van der Waals surface area contributed by atoms with Crippen molar-refractivity contribution in [3.63, 3.8) is 0 Å². The molecule has 0 amide bonds. The first-order valence-electron chi connectivity index (χ1n) is 6.74. The van der Waals surface area contributed by atoms with Crippen LogP contribution in [0, 0.1) is 0 Å². The summed E-state index contributed by atoms with van der Waals surface area (Å²) < 4.78 is 5.73. The van der Waals surface area contributed by atoms with Crippen LogP contribution >= 0.6 is 11.8 Å². The van der Waals surface area contributed by atoms with Crippen molar-refractivity contribution in [2.24, 2.45) is 0 Å². The van der Waals surface area contributed by atoms with Gasteiger partial charge >= 0.3 is 0 Å². The van der Waals surface area contributed by atoms with Crippen LogP contribution in [0.2, 0.25) is 0 Å². The number of hydrogen-bond donors (Lipinski definition) is 2. The number of nitrogens with one attached hydrogen (secondary N) is 2. The summed E-state index contributed by atoms with van der Waals surface area (Å²) in [7, 11) is 0. The number of fused-ring (bicyclic) bond motifs is 1. The molecule has 0 bridgehead atoms. The molecule has 4 heteroatoms. The molecule has 0 aliphatic carbocycles. The minimum atomic E-state index is 0.389. The van der Waals surface area contributed by atoms with Crippen molar-refractivity contribution < 1.29 is 4.74 Å². The molecule has 1 aromatic rings. The minimum Gasteiger partial charge on any atom is -0.383 e. The lowest BCUT2D eigenvalue weighted by Gasteiger charge is -2.24. The lowest BCUT2D eigenvalue weighted by molar-refractivity contribution is 0.0238. The van der Waals surface area contributed by atoms with Crippen LogP contribution in [0.3, 0.4) is 0 Å². The summed E-state index contributed by atoms with van der Waals surface area (Å²) in [5.74, 6) is 1.17. The summed E-state index contributed by atoms with van der Waals surface area (Å²) in [6, 6.07) is 6.80. The Morgan fingerprint density at radius 3 is 3.22 bits per heavy atom. The Morgan fingerprint density at radius 1 is 1.33 bits per heavy atom. The smallest absolute Gasteiger partial charge is 0.0703 e. The number of hydrogen-bond acceptors (Lipinski definition) is 4. The van der Waals surface area contributed by atoms with Crippen LogP contribution in [-0.2, 0) is 11.2 Å². The summed E-state index contributed by atoms with van der Waals surface area (Å²) in [5, 5.41) is 6.82. The van der Waals surface area contributed by atoms with Gasteiger partial charge < -0.3 is 15.4 Å². The first-order chi connectivity index (χ1) is 8.92. The zero-order chi connectivity index (χ0) is 12.2. The molecular weight excluding hydrogens is 244 g/mol. The summed E-state index contributed by atoms with van der Waals surface area (Å²) >= 11 is 1.96. The first kappa shape index (κ1) is 12.3. The number of benzene rings is 1. The van der Waals surface area contributed by atoms with Gasteiger partial charge in [0.25, 0.3) is 0 Å². The third kappa shape index (κ3) is 2.99. The van der Waals surface area contributed by atoms with Gasteiger partial charge in [-0.3, -0.25) is 0 Å². The maximum Gasteiger partial charge on any atom is 0.0703 e. The normalized spacial score (nSPS) is 23.2. The molecule has 0 spiro atoms. The molecule has 0 saturated carbocycles. The molecule has 2 aliphatic rings. The van der Waals surface area contributed by atoms with Gasteiger partial charge in [0.15, 0.2) is 0 Å². The van der Waals surface area contributed by atoms with Gasteiger partial charge in [-0.25, -0.2) is 0 Å². The maximum absolute atomic E-state index is 5.73. The fourth-order valence-corrected chi connectivity index (χ4v) is 3.42. The standard InChI is InChI=1S/C14H20N2OS/c1(3-12-10-15-5-7-17-12)11-2-4-13-14(9-11)18-8-6-16-13/h2,4,9,12,15-16H,1,3,5-8,10H2. The van der Waals surface area contributed by atoms with E-state index in [4.69, 9.17) is 4.74 Å². The number of morpholine rings is 1. The molecule has 3 rings (SSSR count). The SMILES string of the molecule is c1cc2c(cc1CCC1CNCCO1)SCCN2. The minimum absolute atomic E-state index is 0.389. The number of thioether (sulfide) groups is 1. The van der Waals surface area contributed by atoms with Gasteiger partial charge in [-0.1, -0.05) is 6.07 Å². The molecule has 0 aromatic heterocycles. The topological polar surface area (TPSA) is 33.3 Å². The molecule has 1 fully saturated rings. The molecule has 1 unspecified atom stereocenters. The predicted octanol–water partition coefficient (Wildman–Crippen LogP) is 2.13. The van der Waals surface area contributed by atoms with Crippen molar-refractivity contribution in [2.45, 2.75) is 23.8 Å². The van der Waals surface area contributed by atoms with Crippen molar-refractivity contribution in [3.05, 3.63) is 23.8 Å². The highest BCUT2D eigenvalue weighted by Gasteiger charge is 2.14. The highest BCUT2D eigenvalue weighted by molar-refractivity contribution is 7.99. The second-order valence-electron chi connectivity index (χ2n) is 4.84. The van der Waals surface area contributed by atoms with E-state index in [2.05, 4.69) is 28.8 Å². The molecule has 2 heterocycles. The van der Waals surface area contributed by atoms with E-state index in [1.54, 1.807) is 0 Å². The Balaban J connectivity index is 1.58. The molecule has 1 atom stereocenters. The van der Waals surface area contributed by atoms with Crippen LogP contribution < -0.4 is 10.6 Å². The summed E-state index contributed by atoms with van der Waals surface area (Å²) in [5.41, 5.74) is 2.73. The Morgan fingerprint density at radius 2 is 2.33 bits per heavy atom. The molecule has 2 N–H and O–H groups in total. The van der Waals surface area contributed by atoms with Gasteiger partial charge in [-0.05, 0) is 30.5 Å². The van der Waals surface area contributed by atoms with Gasteiger partial charge in [0, 0.05) is 36.0 Å². The second-order valence-corrected chi connectivity index (χ2v) is 5.98. The van der Waals surface area contributed by atoms with E-state index in [0.717, 1.165) is 39.1 Å². The van der Waals surface area contributed by atoms with Crippen LogP contribution in [0.5, 0.6) is 0 Å². The average Bonchev–Trinajstić information content (AvgIpc) is 2.46. The highest BCUT2D eigenvalue weighted by atomic mass is 32.2. The van der Waals surface area contributed by atoms with E-state index in [1.807, 2.05) is 11.8 Å². The Kier molecular flexibility index (Phi) is 4.08. The predicted molar refractivity (Wildman–Crippen MR) is 76.6 cm³/mol. The highest BCUT2D eigenvalue weighted by Crippen LogP contribution is 2.31. The zero-order valence-corrected chi connectivity index (χ0v) is 11.4. The Labute approximate surface area is 113 Å². The quantitative estimate of drug-likeness (QED) is 0.876. The summed E-state index contributed by atoms with van der Waals surface area (Å²) in [6.07, 6.45) is 2.62. The van der Waals surface area contributed by atoms with Gasteiger partial charge in [0.05, 0.1) is 12.7 Å². The van der Waals surface area contributed by atoms with Crippen LogP contribution in [-0.4, -0.2) is 38.1 Å². The molecule has 2 aliphatic heterocycles. The second kappa shape index (κ2) is 5.95. The molecule has 98 valence electrons. The number of anilines is 1. The van der Waals surface area contributed by atoms with Crippen molar-refractivity contribution in [1.82, 2.24) is 5.32 Å². The van der Waals surface area contributed by atoms with Gasteiger partial charge in [-0.2, -0.15) is 0 Å². The van der Waals surface area contributed by atoms with Crippen LogP contribution in [0.1, 0.15) is 12.0 Å². The van der Waals surface area contributed by atoms with Crippen molar-refractivity contribution >= 4 is 17.4 Å². The van der Waals surface area contributed by atoms with Crippen LogP contribution in [0.25, 0.3) is 0 Å². The number of ether oxygens (including phenoxy) is 1. The first-order valence-corrected chi connectivity index (χ1v) is 7.72. The maximum atomic E-state index is 5.73. The third-order valence-electron chi connectivity index (χ3n) is 3.48. The molecule has 0 radical (unpaired) electrons. The van der Waals surface area contributed by atoms with E-state index < -0.39 is 0 Å². The van der Waals surface area contributed by atoms with E-state index in [-0.39, 0.29) is 0 Å². The fraction of sp³-hybridized carbons (Fsp3) is 0.571. The number of aryl methyl sites for hydroxylation is 1. The third-order valence-corrected chi connectivity index (χ3v) is 4.54. The number of rotatable bonds is 3. The Hall–Kier alpha value is -0.710.